The molecule has 21 heavy (non-hydrogen) atoms. The predicted molar refractivity (Wildman–Crippen MR) is 92.1 cm³/mol. The molecular weight excluding hydrogens is 346 g/mol. The van der Waals surface area contributed by atoms with Gasteiger partial charge in [0.25, 0.3) is 0 Å². The number of fused-ring (bicyclic) bond motifs is 1. The van der Waals surface area contributed by atoms with Crippen LogP contribution in [0.3, 0.4) is 0 Å². The lowest BCUT2D eigenvalue weighted by Gasteiger charge is -2.26. The molecule has 2 aromatic rings. The van der Waals surface area contributed by atoms with Crippen molar-refractivity contribution in [2.75, 3.05) is 12.9 Å². The third kappa shape index (κ3) is 3.44. The van der Waals surface area contributed by atoms with E-state index in [-0.39, 0.29) is 0 Å². The van der Waals surface area contributed by atoms with Crippen molar-refractivity contribution >= 4 is 27.7 Å². The van der Waals surface area contributed by atoms with Gasteiger partial charge in [0.15, 0.2) is 0 Å². The van der Waals surface area contributed by atoms with Crippen molar-refractivity contribution in [1.29, 1.82) is 0 Å². The largest absolute Gasteiger partial charge is 0.497 e. The molecule has 0 saturated carbocycles. The van der Waals surface area contributed by atoms with Crippen LogP contribution in [0.4, 0.5) is 0 Å². The van der Waals surface area contributed by atoms with Gasteiger partial charge in [-0.15, -0.1) is 11.8 Å². The van der Waals surface area contributed by atoms with E-state index in [2.05, 4.69) is 51.6 Å². The van der Waals surface area contributed by atoms with Gasteiger partial charge in [0.1, 0.15) is 5.75 Å². The first kappa shape index (κ1) is 14.9. The van der Waals surface area contributed by atoms with Crippen LogP contribution in [0.15, 0.2) is 51.8 Å². The summed E-state index contributed by atoms with van der Waals surface area (Å²) in [5.41, 5.74) is 2.65. The van der Waals surface area contributed by atoms with E-state index in [1.807, 2.05) is 23.9 Å². The van der Waals surface area contributed by atoms with E-state index in [1.165, 1.54) is 28.2 Å². The number of rotatable bonds is 4. The third-order valence-corrected chi connectivity index (χ3v) is 5.65. The summed E-state index contributed by atoms with van der Waals surface area (Å²) in [6.45, 7) is 0.835. The number of ether oxygens (including phenoxy) is 1. The monoisotopic (exact) mass is 363 g/mol. The van der Waals surface area contributed by atoms with Crippen molar-refractivity contribution < 1.29 is 4.74 Å². The Kier molecular flexibility index (Phi) is 4.88. The topological polar surface area (TPSA) is 21.3 Å². The van der Waals surface area contributed by atoms with Crippen molar-refractivity contribution in [3.63, 3.8) is 0 Å². The number of nitrogens with one attached hydrogen (secondary N) is 1. The van der Waals surface area contributed by atoms with Gasteiger partial charge in [0.05, 0.1) is 7.11 Å². The molecule has 4 heteroatoms. The van der Waals surface area contributed by atoms with Crippen LogP contribution < -0.4 is 10.1 Å². The van der Waals surface area contributed by atoms with Gasteiger partial charge in [-0.05, 0) is 47.6 Å². The zero-order chi connectivity index (χ0) is 14.7. The fraction of sp³-hybridized carbons (Fsp3) is 0.294. The van der Waals surface area contributed by atoms with E-state index in [9.17, 15) is 0 Å². The molecule has 0 radical (unpaired) electrons. The van der Waals surface area contributed by atoms with Gasteiger partial charge in [-0.3, -0.25) is 0 Å². The first-order chi connectivity index (χ1) is 10.3. The van der Waals surface area contributed by atoms with E-state index in [0.717, 1.165) is 16.8 Å². The van der Waals surface area contributed by atoms with E-state index in [1.54, 1.807) is 7.11 Å². The molecule has 3 rings (SSSR count). The standard InChI is InChI=1S/C17H18BrNOS/c1-20-13-6-7-15(18)12(10-13)11-19-16-8-9-21-17-5-3-2-4-14(16)17/h2-7,10,16,19H,8-9,11H2,1H3. The quantitative estimate of drug-likeness (QED) is 0.843. The third-order valence-electron chi connectivity index (χ3n) is 3.75. The molecule has 1 N–H and O–H groups in total. The zero-order valence-corrected chi connectivity index (χ0v) is 14.3. The van der Waals surface area contributed by atoms with Gasteiger partial charge in [-0.25, -0.2) is 0 Å². The lowest BCUT2D eigenvalue weighted by Crippen LogP contribution is -2.24. The molecule has 1 unspecified atom stereocenters. The highest BCUT2D eigenvalue weighted by atomic mass is 79.9. The van der Waals surface area contributed by atoms with Crippen molar-refractivity contribution in [3.05, 3.63) is 58.1 Å². The van der Waals surface area contributed by atoms with Crippen LogP contribution in [0.1, 0.15) is 23.6 Å². The van der Waals surface area contributed by atoms with E-state index in [4.69, 9.17) is 4.74 Å². The van der Waals surface area contributed by atoms with E-state index < -0.39 is 0 Å². The van der Waals surface area contributed by atoms with Crippen LogP contribution in [0.25, 0.3) is 0 Å². The van der Waals surface area contributed by atoms with E-state index >= 15 is 0 Å². The van der Waals surface area contributed by atoms with Gasteiger partial charge >= 0.3 is 0 Å². The van der Waals surface area contributed by atoms with Gasteiger partial charge in [-0.1, -0.05) is 34.1 Å². The first-order valence-corrected chi connectivity index (χ1v) is 8.83. The average molecular weight is 364 g/mol. The molecule has 1 aliphatic heterocycles. The molecule has 1 aliphatic rings. The molecule has 0 aromatic heterocycles. The predicted octanol–water partition coefficient (Wildman–Crippen LogP) is 4.78. The van der Waals surface area contributed by atoms with Crippen LogP contribution >= 0.6 is 27.7 Å². The summed E-state index contributed by atoms with van der Waals surface area (Å²) < 4.78 is 6.43. The maximum atomic E-state index is 5.31. The van der Waals surface area contributed by atoms with Gasteiger partial charge in [0.2, 0.25) is 0 Å². The summed E-state index contributed by atoms with van der Waals surface area (Å²) in [6, 6.07) is 15.2. The first-order valence-electron chi connectivity index (χ1n) is 7.05. The fourth-order valence-electron chi connectivity index (χ4n) is 2.60. The summed E-state index contributed by atoms with van der Waals surface area (Å²) in [7, 11) is 1.70. The maximum absolute atomic E-state index is 5.31. The van der Waals surface area contributed by atoms with Gasteiger partial charge < -0.3 is 10.1 Å². The van der Waals surface area contributed by atoms with Gasteiger partial charge in [0, 0.05) is 22.0 Å². The zero-order valence-electron chi connectivity index (χ0n) is 11.9. The smallest absolute Gasteiger partial charge is 0.119 e. The normalized spacial score (nSPS) is 17.3. The summed E-state index contributed by atoms with van der Waals surface area (Å²) in [6.07, 6.45) is 1.17. The van der Waals surface area contributed by atoms with Crippen LogP contribution in [0, 0.1) is 0 Å². The number of hydrogen-bond donors (Lipinski definition) is 1. The number of hydrogen-bond acceptors (Lipinski definition) is 3. The maximum Gasteiger partial charge on any atom is 0.119 e. The Balaban J connectivity index is 1.74. The Morgan fingerprint density at radius 1 is 1.29 bits per heavy atom. The second-order valence-electron chi connectivity index (χ2n) is 5.07. The molecule has 0 amide bonds. The molecule has 0 aliphatic carbocycles. The lowest BCUT2D eigenvalue weighted by molar-refractivity contribution is 0.413. The number of halogens is 1. The Labute approximate surface area is 138 Å². The Hall–Kier alpha value is -0.970. The molecular formula is C17H18BrNOS. The summed E-state index contributed by atoms with van der Waals surface area (Å²) >= 11 is 5.57. The molecule has 0 spiro atoms. The highest BCUT2D eigenvalue weighted by Crippen LogP contribution is 2.36. The second-order valence-corrected chi connectivity index (χ2v) is 7.06. The van der Waals surface area contributed by atoms with Crippen LogP contribution in [0.5, 0.6) is 5.75 Å². The summed E-state index contributed by atoms with van der Waals surface area (Å²) in [4.78, 5) is 1.41. The molecule has 2 nitrogen and oxygen atoms in total. The van der Waals surface area contributed by atoms with Crippen molar-refractivity contribution in [3.8, 4) is 5.75 Å². The highest BCUT2D eigenvalue weighted by molar-refractivity contribution is 9.10. The van der Waals surface area contributed by atoms with Crippen molar-refractivity contribution in [2.45, 2.75) is 23.9 Å². The van der Waals surface area contributed by atoms with Crippen LogP contribution in [0.2, 0.25) is 0 Å². The Morgan fingerprint density at radius 3 is 3.00 bits per heavy atom. The molecule has 0 fully saturated rings. The molecule has 1 atom stereocenters. The van der Waals surface area contributed by atoms with Crippen molar-refractivity contribution in [1.82, 2.24) is 5.32 Å². The number of thioether (sulfide) groups is 1. The Morgan fingerprint density at radius 2 is 2.14 bits per heavy atom. The minimum Gasteiger partial charge on any atom is -0.497 e. The molecule has 0 saturated heterocycles. The summed E-state index contributed by atoms with van der Waals surface area (Å²) in [5, 5.41) is 3.69. The van der Waals surface area contributed by atoms with Crippen LogP contribution in [-0.4, -0.2) is 12.9 Å². The van der Waals surface area contributed by atoms with Crippen molar-refractivity contribution in [2.24, 2.45) is 0 Å². The lowest BCUT2D eigenvalue weighted by atomic mass is 10.0. The fourth-order valence-corrected chi connectivity index (χ4v) is 4.11. The van der Waals surface area contributed by atoms with Crippen LogP contribution in [-0.2, 0) is 6.54 Å². The minimum absolute atomic E-state index is 0.431. The Bertz CT molecular complexity index is 632. The minimum atomic E-state index is 0.431. The average Bonchev–Trinajstić information content (AvgIpc) is 2.54. The van der Waals surface area contributed by atoms with Gasteiger partial charge in [-0.2, -0.15) is 0 Å². The SMILES string of the molecule is COc1ccc(Br)c(CNC2CCSc3ccccc32)c1. The summed E-state index contributed by atoms with van der Waals surface area (Å²) in [5.74, 6) is 2.07. The molecule has 0 bridgehead atoms. The second kappa shape index (κ2) is 6.86. The number of benzene rings is 2. The highest BCUT2D eigenvalue weighted by Gasteiger charge is 2.19. The van der Waals surface area contributed by atoms with E-state index in [0.29, 0.717) is 6.04 Å². The molecule has 110 valence electrons. The molecule has 1 heterocycles. The molecule has 2 aromatic carbocycles. The number of methoxy groups -OCH3 is 1.